The van der Waals surface area contributed by atoms with Crippen LogP contribution in [0.25, 0.3) is 22.3 Å². The van der Waals surface area contributed by atoms with Crippen LogP contribution in [0.1, 0.15) is 26.3 Å². The Labute approximate surface area is 128 Å². The smallest absolute Gasteiger partial charge is 0.259 e. The Balaban J connectivity index is 2.16. The lowest BCUT2D eigenvalue weighted by atomic mass is 9.86. The Morgan fingerprint density at radius 3 is 2.50 bits per heavy atom. The summed E-state index contributed by atoms with van der Waals surface area (Å²) in [5.41, 5.74) is 1.86. The number of aromatic amines is 1. The molecule has 22 heavy (non-hydrogen) atoms. The van der Waals surface area contributed by atoms with Gasteiger partial charge >= 0.3 is 0 Å². The summed E-state index contributed by atoms with van der Waals surface area (Å²) in [4.78, 5) is 19.4. The molecule has 4 heteroatoms. The maximum absolute atomic E-state index is 12.1. The second-order valence-electron chi connectivity index (χ2n) is 6.41. The first-order valence-electron chi connectivity index (χ1n) is 7.19. The Hall–Kier alpha value is -2.62. The monoisotopic (exact) mass is 294 g/mol. The predicted molar refractivity (Wildman–Crippen MR) is 88.2 cm³/mol. The van der Waals surface area contributed by atoms with Crippen LogP contribution in [0.15, 0.2) is 47.3 Å². The van der Waals surface area contributed by atoms with E-state index < -0.39 is 0 Å². The van der Waals surface area contributed by atoms with E-state index in [0.717, 1.165) is 5.56 Å². The van der Waals surface area contributed by atoms with E-state index in [0.29, 0.717) is 22.3 Å². The number of rotatable bonds is 1. The normalized spacial score (nSPS) is 11.8. The summed E-state index contributed by atoms with van der Waals surface area (Å²) >= 11 is 0. The van der Waals surface area contributed by atoms with Crippen LogP contribution in [0.3, 0.4) is 0 Å². The van der Waals surface area contributed by atoms with Gasteiger partial charge in [0.25, 0.3) is 5.56 Å². The largest absolute Gasteiger partial charge is 0.508 e. The van der Waals surface area contributed by atoms with E-state index in [1.807, 2.05) is 45.0 Å². The molecular formula is C18H18N2O2. The Morgan fingerprint density at radius 1 is 1.09 bits per heavy atom. The summed E-state index contributed by atoms with van der Waals surface area (Å²) in [5.74, 6) is 0.667. The van der Waals surface area contributed by atoms with Gasteiger partial charge in [-0.05, 0) is 29.2 Å². The number of hydrogen-bond acceptors (Lipinski definition) is 3. The van der Waals surface area contributed by atoms with Gasteiger partial charge in [-0.3, -0.25) is 4.79 Å². The van der Waals surface area contributed by atoms with Gasteiger partial charge in [0.05, 0.1) is 10.9 Å². The first kappa shape index (κ1) is 14.3. The lowest BCUT2D eigenvalue weighted by Gasteiger charge is -2.20. The number of aromatic hydroxyl groups is 1. The molecule has 112 valence electrons. The maximum atomic E-state index is 12.1. The van der Waals surface area contributed by atoms with Crippen LogP contribution in [0.5, 0.6) is 5.75 Å². The molecule has 0 spiro atoms. The highest BCUT2D eigenvalue weighted by Gasteiger charge is 2.18. The summed E-state index contributed by atoms with van der Waals surface area (Å²) in [6, 6.07) is 12.6. The Bertz CT molecular complexity index is 905. The minimum absolute atomic E-state index is 0.146. The van der Waals surface area contributed by atoms with Gasteiger partial charge in [0.15, 0.2) is 0 Å². The number of benzene rings is 2. The zero-order chi connectivity index (χ0) is 15.9. The molecule has 0 aliphatic rings. The van der Waals surface area contributed by atoms with Crippen molar-refractivity contribution in [2.75, 3.05) is 0 Å². The summed E-state index contributed by atoms with van der Waals surface area (Å²) in [5, 5.41) is 10.8. The van der Waals surface area contributed by atoms with Crippen molar-refractivity contribution in [3.05, 3.63) is 58.4 Å². The highest BCUT2D eigenvalue weighted by molar-refractivity contribution is 5.79. The molecule has 3 aromatic rings. The van der Waals surface area contributed by atoms with Crippen LogP contribution in [-0.2, 0) is 5.41 Å². The molecule has 0 saturated heterocycles. The van der Waals surface area contributed by atoms with Gasteiger partial charge in [-0.2, -0.15) is 0 Å². The summed E-state index contributed by atoms with van der Waals surface area (Å²) in [6.07, 6.45) is 0. The van der Waals surface area contributed by atoms with Crippen molar-refractivity contribution in [1.82, 2.24) is 9.97 Å². The van der Waals surface area contributed by atoms with Crippen LogP contribution in [0.4, 0.5) is 0 Å². The van der Waals surface area contributed by atoms with Crippen molar-refractivity contribution in [1.29, 1.82) is 0 Å². The first-order valence-corrected chi connectivity index (χ1v) is 7.19. The number of phenolic OH excluding ortho intramolecular Hbond substituents is 1. The molecule has 0 bridgehead atoms. The minimum atomic E-state index is -0.181. The fourth-order valence-corrected chi connectivity index (χ4v) is 2.54. The Kier molecular flexibility index (Phi) is 3.24. The van der Waals surface area contributed by atoms with E-state index in [1.54, 1.807) is 18.2 Å². The van der Waals surface area contributed by atoms with Crippen LogP contribution in [0, 0.1) is 0 Å². The first-order chi connectivity index (χ1) is 10.4. The van der Waals surface area contributed by atoms with E-state index in [-0.39, 0.29) is 16.7 Å². The number of H-pyrrole nitrogens is 1. The topological polar surface area (TPSA) is 66.0 Å². The number of nitrogens with one attached hydrogen (secondary N) is 1. The fourth-order valence-electron chi connectivity index (χ4n) is 2.54. The average Bonchev–Trinajstić information content (AvgIpc) is 2.46. The third-order valence-electron chi connectivity index (χ3n) is 3.69. The summed E-state index contributed by atoms with van der Waals surface area (Å²) < 4.78 is 0. The molecule has 0 fully saturated rings. The van der Waals surface area contributed by atoms with Crippen molar-refractivity contribution in [3.8, 4) is 17.1 Å². The van der Waals surface area contributed by atoms with Crippen molar-refractivity contribution in [2.45, 2.75) is 26.2 Å². The quantitative estimate of drug-likeness (QED) is 0.720. The predicted octanol–water partition coefficient (Wildman–Crippen LogP) is 3.59. The Morgan fingerprint density at radius 2 is 1.82 bits per heavy atom. The summed E-state index contributed by atoms with van der Waals surface area (Å²) in [6.45, 7) is 6.12. The van der Waals surface area contributed by atoms with Gasteiger partial charge in [0, 0.05) is 5.56 Å². The van der Waals surface area contributed by atoms with Gasteiger partial charge in [-0.1, -0.05) is 45.0 Å². The van der Waals surface area contributed by atoms with Gasteiger partial charge in [-0.15, -0.1) is 0 Å². The fraction of sp³-hybridized carbons (Fsp3) is 0.222. The zero-order valence-corrected chi connectivity index (χ0v) is 12.8. The van der Waals surface area contributed by atoms with Crippen molar-refractivity contribution in [2.24, 2.45) is 0 Å². The number of aromatic nitrogens is 2. The van der Waals surface area contributed by atoms with Crippen molar-refractivity contribution >= 4 is 10.9 Å². The average molecular weight is 294 g/mol. The number of nitrogens with zero attached hydrogens (tertiary/aromatic N) is 1. The zero-order valence-electron chi connectivity index (χ0n) is 12.8. The van der Waals surface area contributed by atoms with E-state index in [4.69, 9.17) is 0 Å². The highest BCUT2D eigenvalue weighted by Crippen LogP contribution is 2.33. The third kappa shape index (κ3) is 2.48. The highest BCUT2D eigenvalue weighted by atomic mass is 16.3. The van der Waals surface area contributed by atoms with E-state index in [9.17, 15) is 9.90 Å². The van der Waals surface area contributed by atoms with E-state index >= 15 is 0 Å². The molecule has 1 heterocycles. The second kappa shape index (κ2) is 4.98. The SMILES string of the molecule is CC(C)(C)c1ccc(-c2nc3ccccc3c(=O)[nH]2)cc1O. The lowest BCUT2D eigenvalue weighted by Crippen LogP contribution is -2.12. The van der Waals surface area contributed by atoms with Crippen LogP contribution in [0.2, 0.25) is 0 Å². The lowest BCUT2D eigenvalue weighted by molar-refractivity contribution is 0.447. The molecule has 4 nitrogen and oxygen atoms in total. The maximum Gasteiger partial charge on any atom is 0.259 e. The third-order valence-corrected chi connectivity index (χ3v) is 3.69. The number of fused-ring (bicyclic) bond motifs is 1. The summed E-state index contributed by atoms with van der Waals surface area (Å²) in [7, 11) is 0. The van der Waals surface area contributed by atoms with Gasteiger partial charge in [0.1, 0.15) is 11.6 Å². The molecule has 0 aliphatic carbocycles. The van der Waals surface area contributed by atoms with E-state index in [1.165, 1.54) is 0 Å². The van der Waals surface area contributed by atoms with Gasteiger partial charge in [-0.25, -0.2) is 4.98 Å². The molecule has 2 N–H and O–H groups in total. The van der Waals surface area contributed by atoms with Crippen molar-refractivity contribution < 1.29 is 5.11 Å². The van der Waals surface area contributed by atoms with Crippen LogP contribution >= 0.6 is 0 Å². The van der Waals surface area contributed by atoms with Crippen LogP contribution < -0.4 is 5.56 Å². The molecule has 3 rings (SSSR count). The molecule has 0 atom stereocenters. The second-order valence-corrected chi connectivity index (χ2v) is 6.41. The minimum Gasteiger partial charge on any atom is -0.508 e. The molecular weight excluding hydrogens is 276 g/mol. The van der Waals surface area contributed by atoms with Gasteiger partial charge < -0.3 is 10.1 Å². The van der Waals surface area contributed by atoms with Crippen LogP contribution in [-0.4, -0.2) is 15.1 Å². The standard InChI is InChI=1S/C18H18N2O2/c1-18(2,3)13-9-8-11(10-15(13)21)16-19-14-7-5-4-6-12(14)17(22)20-16/h4-10,21H,1-3H3,(H,19,20,22). The van der Waals surface area contributed by atoms with Gasteiger partial charge in [0.2, 0.25) is 0 Å². The number of para-hydroxylation sites is 1. The van der Waals surface area contributed by atoms with Crippen molar-refractivity contribution in [3.63, 3.8) is 0 Å². The molecule has 1 aromatic heterocycles. The molecule has 2 aromatic carbocycles. The molecule has 0 unspecified atom stereocenters. The number of phenols is 1. The van der Waals surface area contributed by atoms with E-state index in [2.05, 4.69) is 9.97 Å². The molecule has 0 amide bonds. The number of hydrogen-bond donors (Lipinski definition) is 2. The molecule has 0 aliphatic heterocycles. The molecule has 0 saturated carbocycles. The molecule has 0 radical (unpaired) electrons.